The molecule has 0 aliphatic rings. The molecule has 0 bridgehead atoms. The standard InChI is InChI=1S/C15H17N5/c1-2-7-20-14-5-6-17-10-13(14)19-15(20)12-4-3-11(8-16)9-18-12/h3-6,9-10H,2,7-8,16H2,1H3. The maximum atomic E-state index is 5.61. The maximum Gasteiger partial charge on any atom is 0.159 e. The van der Waals surface area contributed by atoms with Crippen LogP contribution in [0.4, 0.5) is 0 Å². The lowest BCUT2D eigenvalue weighted by atomic mass is 10.2. The molecule has 0 unspecified atom stereocenters. The summed E-state index contributed by atoms with van der Waals surface area (Å²) in [6.45, 7) is 3.57. The van der Waals surface area contributed by atoms with Crippen LogP contribution < -0.4 is 5.73 Å². The predicted molar refractivity (Wildman–Crippen MR) is 78.9 cm³/mol. The number of fused-ring (bicyclic) bond motifs is 1. The number of imidazole rings is 1. The van der Waals surface area contributed by atoms with E-state index in [2.05, 4.69) is 26.4 Å². The van der Waals surface area contributed by atoms with Gasteiger partial charge in [0.2, 0.25) is 0 Å². The van der Waals surface area contributed by atoms with Gasteiger partial charge in [-0.3, -0.25) is 9.97 Å². The molecule has 2 N–H and O–H groups in total. The summed E-state index contributed by atoms with van der Waals surface area (Å²) in [5.74, 6) is 0.887. The van der Waals surface area contributed by atoms with E-state index >= 15 is 0 Å². The van der Waals surface area contributed by atoms with Crippen molar-refractivity contribution in [3.05, 3.63) is 42.4 Å². The highest BCUT2D eigenvalue weighted by atomic mass is 15.1. The number of nitrogens with two attached hydrogens (primary N) is 1. The summed E-state index contributed by atoms with van der Waals surface area (Å²) >= 11 is 0. The molecule has 0 saturated heterocycles. The molecule has 0 atom stereocenters. The van der Waals surface area contributed by atoms with E-state index in [4.69, 9.17) is 5.73 Å². The Morgan fingerprint density at radius 1 is 1.20 bits per heavy atom. The van der Waals surface area contributed by atoms with Crippen LogP contribution in [0.5, 0.6) is 0 Å². The molecular formula is C15H17N5. The van der Waals surface area contributed by atoms with Gasteiger partial charge in [0.1, 0.15) is 11.2 Å². The Morgan fingerprint density at radius 2 is 2.10 bits per heavy atom. The summed E-state index contributed by atoms with van der Waals surface area (Å²) in [6.07, 6.45) is 6.44. The van der Waals surface area contributed by atoms with Gasteiger partial charge in [0.15, 0.2) is 5.82 Å². The number of aromatic nitrogens is 4. The first-order valence-corrected chi connectivity index (χ1v) is 6.79. The van der Waals surface area contributed by atoms with Gasteiger partial charge in [0.25, 0.3) is 0 Å². The highest BCUT2D eigenvalue weighted by Gasteiger charge is 2.12. The molecular weight excluding hydrogens is 250 g/mol. The van der Waals surface area contributed by atoms with Crippen LogP contribution in [-0.2, 0) is 13.1 Å². The zero-order valence-corrected chi connectivity index (χ0v) is 11.5. The van der Waals surface area contributed by atoms with Crippen molar-refractivity contribution < 1.29 is 0 Å². The van der Waals surface area contributed by atoms with Crippen LogP contribution in [0.1, 0.15) is 18.9 Å². The zero-order chi connectivity index (χ0) is 13.9. The van der Waals surface area contributed by atoms with Crippen molar-refractivity contribution in [3.63, 3.8) is 0 Å². The first-order valence-electron chi connectivity index (χ1n) is 6.79. The van der Waals surface area contributed by atoms with E-state index in [1.807, 2.05) is 24.4 Å². The van der Waals surface area contributed by atoms with Gasteiger partial charge >= 0.3 is 0 Å². The fourth-order valence-electron chi connectivity index (χ4n) is 2.30. The smallest absolute Gasteiger partial charge is 0.159 e. The predicted octanol–water partition coefficient (Wildman–Crippen LogP) is 2.36. The van der Waals surface area contributed by atoms with Gasteiger partial charge in [0, 0.05) is 25.5 Å². The fraction of sp³-hybridized carbons (Fsp3) is 0.267. The highest BCUT2D eigenvalue weighted by Crippen LogP contribution is 2.23. The van der Waals surface area contributed by atoms with Crippen molar-refractivity contribution in [3.8, 4) is 11.5 Å². The average Bonchev–Trinajstić information content (AvgIpc) is 2.87. The molecule has 5 heteroatoms. The molecule has 0 saturated carbocycles. The Bertz CT molecular complexity index is 715. The number of nitrogens with zero attached hydrogens (tertiary/aromatic N) is 4. The van der Waals surface area contributed by atoms with Crippen molar-refractivity contribution in [2.75, 3.05) is 0 Å². The van der Waals surface area contributed by atoms with Crippen LogP contribution in [0.25, 0.3) is 22.6 Å². The first-order chi connectivity index (χ1) is 9.83. The average molecular weight is 267 g/mol. The normalized spacial score (nSPS) is 11.1. The molecule has 20 heavy (non-hydrogen) atoms. The van der Waals surface area contributed by atoms with Crippen LogP contribution >= 0.6 is 0 Å². The Kier molecular flexibility index (Phi) is 3.43. The third-order valence-corrected chi connectivity index (χ3v) is 3.29. The Hall–Kier alpha value is -2.27. The van der Waals surface area contributed by atoms with Gasteiger partial charge < -0.3 is 10.3 Å². The minimum absolute atomic E-state index is 0.503. The van der Waals surface area contributed by atoms with Crippen molar-refractivity contribution in [2.24, 2.45) is 5.73 Å². The van der Waals surface area contributed by atoms with E-state index in [0.717, 1.165) is 41.1 Å². The summed E-state index contributed by atoms with van der Waals surface area (Å²) in [5, 5.41) is 0. The van der Waals surface area contributed by atoms with Crippen LogP contribution in [0.2, 0.25) is 0 Å². The van der Waals surface area contributed by atoms with E-state index in [1.54, 1.807) is 12.4 Å². The van der Waals surface area contributed by atoms with E-state index in [1.165, 1.54) is 0 Å². The van der Waals surface area contributed by atoms with Gasteiger partial charge in [-0.15, -0.1) is 0 Å². The molecule has 0 amide bonds. The maximum absolute atomic E-state index is 5.61. The molecule has 0 fully saturated rings. The lowest BCUT2D eigenvalue weighted by Gasteiger charge is -2.07. The largest absolute Gasteiger partial charge is 0.326 e. The minimum atomic E-state index is 0.503. The third-order valence-electron chi connectivity index (χ3n) is 3.29. The molecule has 3 rings (SSSR count). The summed E-state index contributed by atoms with van der Waals surface area (Å²) in [6, 6.07) is 5.97. The molecule has 0 radical (unpaired) electrons. The van der Waals surface area contributed by atoms with Gasteiger partial charge in [0.05, 0.1) is 11.7 Å². The quantitative estimate of drug-likeness (QED) is 0.787. The molecule has 3 heterocycles. The molecule has 3 aromatic heterocycles. The second-order valence-corrected chi connectivity index (χ2v) is 4.71. The van der Waals surface area contributed by atoms with E-state index in [9.17, 15) is 0 Å². The topological polar surface area (TPSA) is 69.6 Å². The molecule has 0 aromatic carbocycles. The minimum Gasteiger partial charge on any atom is -0.326 e. The van der Waals surface area contributed by atoms with Crippen molar-refractivity contribution in [1.82, 2.24) is 19.5 Å². The lowest BCUT2D eigenvalue weighted by Crippen LogP contribution is -2.02. The van der Waals surface area contributed by atoms with Crippen molar-refractivity contribution >= 4 is 11.0 Å². The van der Waals surface area contributed by atoms with Crippen LogP contribution in [0.15, 0.2) is 36.8 Å². The number of hydrogen-bond acceptors (Lipinski definition) is 4. The van der Waals surface area contributed by atoms with Crippen LogP contribution in [0.3, 0.4) is 0 Å². The second kappa shape index (κ2) is 5.38. The number of rotatable bonds is 4. The highest BCUT2D eigenvalue weighted by molar-refractivity contribution is 5.79. The second-order valence-electron chi connectivity index (χ2n) is 4.71. The summed E-state index contributed by atoms with van der Waals surface area (Å²) < 4.78 is 2.20. The van der Waals surface area contributed by atoms with Crippen LogP contribution in [-0.4, -0.2) is 19.5 Å². The van der Waals surface area contributed by atoms with E-state index < -0.39 is 0 Å². The summed E-state index contributed by atoms with van der Waals surface area (Å²) in [5.41, 5.74) is 9.50. The Morgan fingerprint density at radius 3 is 2.80 bits per heavy atom. The lowest BCUT2D eigenvalue weighted by molar-refractivity contribution is 0.702. The first kappa shape index (κ1) is 12.7. The molecule has 3 aromatic rings. The van der Waals surface area contributed by atoms with E-state index in [-0.39, 0.29) is 0 Å². The zero-order valence-electron chi connectivity index (χ0n) is 11.5. The van der Waals surface area contributed by atoms with Gasteiger partial charge in [-0.2, -0.15) is 0 Å². The van der Waals surface area contributed by atoms with Gasteiger partial charge in [-0.1, -0.05) is 13.0 Å². The third kappa shape index (κ3) is 2.16. The van der Waals surface area contributed by atoms with Gasteiger partial charge in [-0.25, -0.2) is 4.98 Å². The summed E-state index contributed by atoms with van der Waals surface area (Å²) in [4.78, 5) is 13.3. The van der Waals surface area contributed by atoms with Gasteiger partial charge in [-0.05, 0) is 24.1 Å². The number of aryl methyl sites for hydroxylation is 1. The summed E-state index contributed by atoms with van der Waals surface area (Å²) in [7, 11) is 0. The Labute approximate surface area is 117 Å². The Balaban J connectivity index is 2.15. The molecule has 0 aliphatic carbocycles. The van der Waals surface area contributed by atoms with Crippen LogP contribution in [0, 0.1) is 0 Å². The number of hydrogen-bond donors (Lipinski definition) is 1. The molecule has 0 aliphatic heterocycles. The van der Waals surface area contributed by atoms with E-state index in [0.29, 0.717) is 6.54 Å². The SMILES string of the molecule is CCCn1c(-c2ccc(CN)cn2)nc2cnccc21. The number of pyridine rings is 2. The fourth-order valence-corrected chi connectivity index (χ4v) is 2.30. The molecule has 5 nitrogen and oxygen atoms in total. The van der Waals surface area contributed by atoms with Crippen molar-refractivity contribution in [1.29, 1.82) is 0 Å². The monoisotopic (exact) mass is 267 g/mol. The molecule has 0 spiro atoms. The molecule has 102 valence electrons. The van der Waals surface area contributed by atoms with Crippen molar-refractivity contribution in [2.45, 2.75) is 26.4 Å².